The fourth-order valence-corrected chi connectivity index (χ4v) is 4.70. The van der Waals surface area contributed by atoms with E-state index < -0.39 is 0 Å². The first kappa shape index (κ1) is 22.1. The van der Waals surface area contributed by atoms with E-state index in [1.807, 2.05) is 48.5 Å². The monoisotopic (exact) mass is 456 g/mol. The van der Waals surface area contributed by atoms with Crippen LogP contribution in [0.15, 0.2) is 65.6 Å². The highest BCUT2D eigenvalue weighted by Gasteiger charge is 2.24. The second-order valence-electron chi connectivity index (χ2n) is 8.89. The topological polar surface area (TPSA) is 81.3 Å². The molecule has 2 aromatic heterocycles. The Hall–Kier alpha value is -3.74. The Morgan fingerprint density at radius 1 is 1.09 bits per heavy atom. The lowest BCUT2D eigenvalue weighted by atomic mass is 9.91. The average Bonchev–Trinajstić information content (AvgIpc) is 3.14. The first-order valence-corrected chi connectivity index (χ1v) is 11.8. The normalized spacial score (nSPS) is 16.4. The lowest BCUT2D eigenvalue weighted by Crippen LogP contribution is -2.32. The summed E-state index contributed by atoms with van der Waals surface area (Å²) >= 11 is 0. The van der Waals surface area contributed by atoms with Gasteiger partial charge in [0.15, 0.2) is 0 Å². The van der Waals surface area contributed by atoms with Gasteiger partial charge in [0.1, 0.15) is 23.7 Å². The number of nitrogens with zero attached hydrogens (tertiary/aromatic N) is 4. The molecule has 2 aromatic carbocycles. The van der Waals surface area contributed by atoms with Gasteiger partial charge in [-0.15, -0.1) is 0 Å². The Bertz CT molecular complexity index is 1280. The highest BCUT2D eigenvalue weighted by atomic mass is 16.6. The summed E-state index contributed by atoms with van der Waals surface area (Å²) in [5.74, 6) is 1.11. The first-order valence-electron chi connectivity index (χ1n) is 11.8. The van der Waals surface area contributed by atoms with E-state index in [-0.39, 0.29) is 12.5 Å². The van der Waals surface area contributed by atoms with Gasteiger partial charge in [0.2, 0.25) is 0 Å². The minimum Gasteiger partial charge on any atom is -0.486 e. The van der Waals surface area contributed by atoms with Crippen molar-refractivity contribution in [1.29, 1.82) is 0 Å². The molecule has 3 heterocycles. The molecule has 174 valence electrons. The number of pyridine rings is 1. The van der Waals surface area contributed by atoms with Crippen molar-refractivity contribution in [2.75, 3.05) is 13.1 Å². The van der Waals surface area contributed by atoms with E-state index in [9.17, 15) is 4.79 Å². The zero-order chi connectivity index (χ0) is 23.3. The van der Waals surface area contributed by atoms with Crippen molar-refractivity contribution in [3.63, 3.8) is 0 Å². The quantitative estimate of drug-likeness (QED) is 0.407. The summed E-state index contributed by atoms with van der Waals surface area (Å²) in [6.07, 6.45) is 7.89. The van der Waals surface area contributed by atoms with Crippen molar-refractivity contribution in [2.45, 2.75) is 39.2 Å². The molecule has 7 heteroatoms. The molecule has 0 radical (unpaired) electrons. The van der Waals surface area contributed by atoms with Crippen LogP contribution in [0.2, 0.25) is 0 Å². The van der Waals surface area contributed by atoms with Gasteiger partial charge in [-0.3, -0.25) is 9.78 Å². The lowest BCUT2D eigenvalue weighted by Gasteiger charge is -2.22. The predicted octanol–water partition coefficient (Wildman–Crippen LogP) is 4.99. The number of ether oxygens (including phenoxy) is 1. The van der Waals surface area contributed by atoms with Crippen molar-refractivity contribution >= 4 is 16.7 Å². The highest BCUT2D eigenvalue weighted by Crippen LogP contribution is 2.28. The summed E-state index contributed by atoms with van der Waals surface area (Å²) < 4.78 is 10.7. The van der Waals surface area contributed by atoms with Crippen LogP contribution in [0, 0.1) is 12.8 Å². The molecular formula is C27H28N4O3. The Balaban J connectivity index is 1.25. The number of para-hydroxylation sites is 1. The summed E-state index contributed by atoms with van der Waals surface area (Å²) in [5.41, 5.74) is 3.23. The van der Waals surface area contributed by atoms with E-state index in [0.717, 1.165) is 38.8 Å². The van der Waals surface area contributed by atoms with Gasteiger partial charge in [-0.1, -0.05) is 40.6 Å². The molecule has 1 amide bonds. The average molecular weight is 457 g/mol. The molecular weight excluding hydrogens is 428 g/mol. The molecule has 7 nitrogen and oxygen atoms in total. The number of hydrogen-bond acceptors (Lipinski definition) is 6. The van der Waals surface area contributed by atoms with Crippen LogP contribution >= 0.6 is 0 Å². The fourth-order valence-electron chi connectivity index (χ4n) is 4.70. The number of fused-ring (bicyclic) bond motifs is 1. The molecule has 0 N–H and O–H groups in total. The smallest absolute Gasteiger partial charge is 0.257 e. The van der Waals surface area contributed by atoms with Gasteiger partial charge in [-0.05, 0) is 67.7 Å². The number of aromatic nitrogens is 3. The van der Waals surface area contributed by atoms with Gasteiger partial charge in [0.05, 0.1) is 5.56 Å². The van der Waals surface area contributed by atoms with Crippen LogP contribution in [-0.4, -0.2) is 39.2 Å². The molecule has 4 aromatic rings. The molecule has 1 fully saturated rings. The van der Waals surface area contributed by atoms with E-state index in [2.05, 4.69) is 39.6 Å². The summed E-state index contributed by atoms with van der Waals surface area (Å²) in [7, 11) is 0. The van der Waals surface area contributed by atoms with Gasteiger partial charge in [-0.2, -0.15) is 0 Å². The number of hydrogen-bond donors (Lipinski definition) is 0. The summed E-state index contributed by atoms with van der Waals surface area (Å²) in [4.78, 5) is 19.7. The second-order valence-corrected chi connectivity index (χ2v) is 8.89. The van der Waals surface area contributed by atoms with Crippen LogP contribution in [0.1, 0.15) is 46.6 Å². The standard InChI is InChI=1S/C27H28N4O3/c1-19-25(30-34-29-19)18-33-26-10-3-2-9-23(26)27(32)31-14-5-6-20(12-15-31)16-22-8-4-7-21-11-13-28-17-24(21)22/h2-4,7-11,13,17,20H,5-6,12,14-16,18H2,1H3. The van der Waals surface area contributed by atoms with Crippen LogP contribution in [0.3, 0.4) is 0 Å². The largest absolute Gasteiger partial charge is 0.486 e. The maximum absolute atomic E-state index is 13.4. The summed E-state index contributed by atoms with van der Waals surface area (Å²) in [5, 5.41) is 10.1. The predicted molar refractivity (Wildman–Crippen MR) is 129 cm³/mol. The van der Waals surface area contributed by atoms with E-state index in [0.29, 0.717) is 28.6 Å². The van der Waals surface area contributed by atoms with Crippen LogP contribution in [-0.2, 0) is 13.0 Å². The summed E-state index contributed by atoms with van der Waals surface area (Å²) in [6, 6.07) is 15.9. The Kier molecular flexibility index (Phi) is 6.51. The number of benzene rings is 2. The maximum atomic E-state index is 13.4. The van der Waals surface area contributed by atoms with Crippen LogP contribution in [0.5, 0.6) is 5.75 Å². The second kappa shape index (κ2) is 10.0. The molecule has 0 saturated carbocycles. The zero-order valence-electron chi connectivity index (χ0n) is 19.3. The molecule has 1 aliphatic rings. The molecule has 0 aliphatic carbocycles. The van der Waals surface area contributed by atoms with Gasteiger partial charge in [0, 0.05) is 30.9 Å². The number of likely N-dealkylation sites (tertiary alicyclic amines) is 1. The van der Waals surface area contributed by atoms with Gasteiger partial charge >= 0.3 is 0 Å². The Morgan fingerprint density at radius 2 is 2.00 bits per heavy atom. The number of rotatable bonds is 6. The minimum atomic E-state index is 0.0145. The van der Waals surface area contributed by atoms with E-state index >= 15 is 0 Å². The Morgan fingerprint density at radius 3 is 2.88 bits per heavy atom. The third kappa shape index (κ3) is 4.78. The van der Waals surface area contributed by atoms with Crippen molar-refractivity contribution in [2.24, 2.45) is 5.92 Å². The molecule has 0 bridgehead atoms. The molecule has 1 aliphatic heterocycles. The number of carbonyl (C=O) groups excluding carboxylic acids is 1. The fraction of sp³-hybridized carbons (Fsp3) is 0.333. The van der Waals surface area contributed by atoms with Crippen molar-refractivity contribution < 1.29 is 14.2 Å². The third-order valence-corrected chi connectivity index (χ3v) is 6.65. The third-order valence-electron chi connectivity index (χ3n) is 6.65. The molecule has 1 atom stereocenters. The number of carbonyl (C=O) groups is 1. The minimum absolute atomic E-state index is 0.0145. The number of amides is 1. The number of aryl methyl sites for hydroxylation is 1. The van der Waals surface area contributed by atoms with E-state index in [1.165, 1.54) is 16.3 Å². The molecule has 5 rings (SSSR count). The van der Waals surface area contributed by atoms with Crippen LogP contribution in [0.25, 0.3) is 10.8 Å². The SMILES string of the molecule is Cc1nonc1COc1ccccc1C(=O)N1CCCC(Cc2cccc3ccncc23)CC1. The zero-order valence-corrected chi connectivity index (χ0v) is 19.3. The Labute approximate surface area is 198 Å². The van der Waals surface area contributed by atoms with Gasteiger partial charge in [-0.25, -0.2) is 4.63 Å². The molecule has 0 spiro atoms. The van der Waals surface area contributed by atoms with Gasteiger partial charge < -0.3 is 9.64 Å². The van der Waals surface area contributed by atoms with Gasteiger partial charge in [0.25, 0.3) is 5.91 Å². The highest BCUT2D eigenvalue weighted by molar-refractivity contribution is 5.97. The molecule has 1 unspecified atom stereocenters. The first-order chi connectivity index (χ1) is 16.7. The molecule has 1 saturated heterocycles. The maximum Gasteiger partial charge on any atom is 0.257 e. The van der Waals surface area contributed by atoms with E-state index in [1.54, 1.807) is 0 Å². The molecule has 34 heavy (non-hydrogen) atoms. The van der Waals surface area contributed by atoms with E-state index in [4.69, 9.17) is 9.37 Å². The van der Waals surface area contributed by atoms with Crippen molar-refractivity contribution in [3.8, 4) is 5.75 Å². The lowest BCUT2D eigenvalue weighted by molar-refractivity contribution is 0.0755. The van der Waals surface area contributed by atoms with Crippen LogP contribution < -0.4 is 4.74 Å². The summed E-state index contributed by atoms with van der Waals surface area (Å²) in [6.45, 7) is 3.52. The van der Waals surface area contributed by atoms with Crippen molar-refractivity contribution in [3.05, 3.63) is 83.4 Å². The van der Waals surface area contributed by atoms with Crippen molar-refractivity contribution in [1.82, 2.24) is 20.2 Å². The van der Waals surface area contributed by atoms with Crippen LogP contribution in [0.4, 0.5) is 0 Å².